The second-order valence-electron chi connectivity index (χ2n) is 8.85. The van der Waals surface area contributed by atoms with Crippen molar-refractivity contribution in [2.45, 2.75) is 63.8 Å². The van der Waals surface area contributed by atoms with Gasteiger partial charge in [-0.3, -0.25) is 14.5 Å². The summed E-state index contributed by atoms with van der Waals surface area (Å²) < 4.78 is 0. The van der Waals surface area contributed by atoms with Gasteiger partial charge in [0.05, 0.1) is 6.67 Å². The summed E-state index contributed by atoms with van der Waals surface area (Å²) in [5.41, 5.74) is -0.681. The van der Waals surface area contributed by atoms with Gasteiger partial charge in [0, 0.05) is 32.1 Å². The number of imide groups is 1. The van der Waals surface area contributed by atoms with Crippen molar-refractivity contribution < 1.29 is 14.4 Å². The Labute approximate surface area is 161 Å². The first kappa shape index (κ1) is 18.7. The highest BCUT2D eigenvalue weighted by atomic mass is 16.2. The van der Waals surface area contributed by atoms with Crippen LogP contribution in [0.2, 0.25) is 0 Å². The maximum Gasteiger partial charge on any atom is 0.326 e. The van der Waals surface area contributed by atoms with Crippen LogP contribution in [0.15, 0.2) is 0 Å². The van der Waals surface area contributed by atoms with E-state index < -0.39 is 5.54 Å². The van der Waals surface area contributed by atoms with Crippen LogP contribution in [0.5, 0.6) is 0 Å². The van der Waals surface area contributed by atoms with E-state index in [2.05, 4.69) is 17.1 Å². The predicted molar refractivity (Wildman–Crippen MR) is 101 cm³/mol. The van der Waals surface area contributed by atoms with Crippen LogP contribution in [0.3, 0.4) is 0 Å². The lowest BCUT2D eigenvalue weighted by atomic mass is 9.73. The SMILES string of the molecule is CC1CCCCC12NC(=O)N(CN1CCC(C(=O)N3CCCC3)CC1)C2=O. The van der Waals surface area contributed by atoms with Gasteiger partial charge in [-0.25, -0.2) is 9.69 Å². The Morgan fingerprint density at radius 3 is 2.41 bits per heavy atom. The van der Waals surface area contributed by atoms with Gasteiger partial charge in [-0.1, -0.05) is 19.8 Å². The third kappa shape index (κ3) is 3.35. The summed E-state index contributed by atoms with van der Waals surface area (Å²) in [5.74, 6) is 0.552. The maximum atomic E-state index is 13.1. The van der Waals surface area contributed by atoms with Crippen LogP contribution in [-0.2, 0) is 9.59 Å². The highest BCUT2D eigenvalue weighted by Gasteiger charge is 2.55. The van der Waals surface area contributed by atoms with Gasteiger partial charge in [-0.2, -0.15) is 0 Å². The van der Waals surface area contributed by atoms with Crippen molar-refractivity contribution in [2.75, 3.05) is 32.8 Å². The van der Waals surface area contributed by atoms with Gasteiger partial charge in [-0.15, -0.1) is 0 Å². The molecule has 1 aliphatic carbocycles. The molecule has 2 unspecified atom stereocenters. The van der Waals surface area contributed by atoms with Crippen molar-refractivity contribution in [3.05, 3.63) is 0 Å². The zero-order valence-corrected chi connectivity index (χ0v) is 16.4. The Morgan fingerprint density at radius 2 is 1.74 bits per heavy atom. The van der Waals surface area contributed by atoms with E-state index in [4.69, 9.17) is 0 Å². The molecule has 3 aliphatic heterocycles. The summed E-state index contributed by atoms with van der Waals surface area (Å²) in [6.45, 7) is 5.78. The number of nitrogens with one attached hydrogen (secondary N) is 1. The van der Waals surface area contributed by atoms with Crippen molar-refractivity contribution in [1.82, 2.24) is 20.0 Å². The Kier molecular flexibility index (Phi) is 5.14. The third-order valence-electron chi connectivity index (χ3n) is 7.20. The molecule has 2 atom stereocenters. The van der Waals surface area contributed by atoms with E-state index in [1.807, 2.05) is 4.90 Å². The number of carbonyl (C=O) groups excluding carboxylic acids is 3. The van der Waals surface area contributed by atoms with Gasteiger partial charge >= 0.3 is 6.03 Å². The highest BCUT2D eigenvalue weighted by Crippen LogP contribution is 2.38. The fraction of sp³-hybridized carbons (Fsp3) is 0.850. The minimum Gasteiger partial charge on any atom is -0.342 e. The molecule has 4 aliphatic rings. The fourth-order valence-electron chi connectivity index (χ4n) is 5.34. The molecule has 3 heterocycles. The zero-order chi connectivity index (χ0) is 19.0. The topological polar surface area (TPSA) is 73.0 Å². The van der Waals surface area contributed by atoms with Crippen LogP contribution >= 0.6 is 0 Å². The summed E-state index contributed by atoms with van der Waals surface area (Å²) in [4.78, 5) is 43.7. The first-order valence-electron chi connectivity index (χ1n) is 10.7. The molecule has 1 saturated carbocycles. The van der Waals surface area contributed by atoms with Crippen molar-refractivity contribution >= 4 is 17.8 Å². The molecule has 0 aromatic carbocycles. The summed E-state index contributed by atoms with van der Waals surface area (Å²) in [5, 5.41) is 3.02. The molecule has 1 spiro atoms. The molecule has 1 N–H and O–H groups in total. The summed E-state index contributed by atoms with van der Waals surface area (Å²) in [6.07, 6.45) is 7.75. The van der Waals surface area contributed by atoms with Crippen LogP contribution in [0.4, 0.5) is 4.79 Å². The molecule has 0 aromatic heterocycles. The van der Waals surface area contributed by atoms with Crippen LogP contribution in [0.1, 0.15) is 58.3 Å². The standard InChI is InChI=1S/C20H32N4O3/c1-15-6-2-3-9-20(15)18(26)24(19(27)21-20)14-22-12-7-16(8-13-22)17(25)23-10-4-5-11-23/h15-16H,2-14H2,1H3,(H,21,27). The maximum absolute atomic E-state index is 13.1. The molecule has 0 bridgehead atoms. The van der Waals surface area contributed by atoms with Gasteiger partial charge < -0.3 is 10.2 Å². The number of piperidine rings is 1. The molecule has 0 aromatic rings. The van der Waals surface area contributed by atoms with E-state index in [1.54, 1.807) is 0 Å². The van der Waals surface area contributed by atoms with Crippen LogP contribution < -0.4 is 5.32 Å². The molecule has 7 heteroatoms. The Balaban J connectivity index is 1.33. The molecule has 27 heavy (non-hydrogen) atoms. The fourth-order valence-corrected chi connectivity index (χ4v) is 5.34. The summed E-state index contributed by atoms with van der Waals surface area (Å²) in [7, 11) is 0. The number of carbonyl (C=O) groups is 3. The van der Waals surface area contributed by atoms with Gasteiger partial charge in [-0.05, 0) is 44.4 Å². The molecule has 150 valence electrons. The Hall–Kier alpha value is -1.63. The Morgan fingerprint density at radius 1 is 1.04 bits per heavy atom. The van der Waals surface area contributed by atoms with Gasteiger partial charge in [0.2, 0.25) is 5.91 Å². The molecule has 4 amide bonds. The van der Waals surface area contributed by atoms with E-state index in [0.29, 0.717) is 12.6 Å². The van der Waals surface area contributed by atoms with Gasteiger partial charge in [0.25, 0.3) is 5.91 Å². The molecule has 3 saturated heterocycles. The second-order valence-corrected chi connectivity index (χ2v) is 8.85. The molecular formula is C20H32N4O3. The number of rotatable bonds is 3. The molecule has 4 rings (SSSR count). The van der Waals surface area contributed by atoms with Crippen molar-refractivity contribution in [3.8, 4) is 0 Å². The predicted octanol–water partition coefficient (Wildman–Crippen LogP) is 1.78. The quantitative estimate of drug-likeness (QED) is 0.762. The van der Waals surface area contributed by atoms with Gasteiger partial charge in [0.15, 0.2) is 0 Å². The summed E-state index contributed by atoms with van der Waals surface area (Å²) in [6, 6.07) is -0.246. The lowest BCUT2D eigenvalue weighted by Crippen LogP contribution is -2.54. The average Bonchev–Trinajstić information content (AvgIpc) is 3.28. The molecule has 4 fully saturated rings. The minimum absolute atomic E-state index is 0.0463. The van der Waals surface area contributed by atoms with Crippen molar-refractivity contribution in [3.63, 3.8) is 0 Å². The lowest BCUT2D eigenvalue weighted by molar-refractivity contribution is -0.138. The number of nitrogens with zero attached hydrogens (tertiary/aromatic N) is 3. The van der Waals surface area contributed by atoms with E-state index in [1.165, 1.54) is 4.90 Å². The normalized spacial score (nSPS) is 33.1. The van der Waals surface area contributed by atoms with Gasteiger partial charge in [0.1, 0.15) is 5.54 Å². The number of hydrogen-bond acceptors (Lipinski definition) is 4. The van der Waals surface area contributed by atoms with Crippen LogP contribution in [0.25, 0.3) is 0 Å². The van der Waals surface area contributed by atoms with E-state index in [0.717, 1.165) is 77.5 Å². The zero-order valence-electron chi connectivity index (χ0n) is 16.4. The van der Waals surface area contributed by atoms with Crippen molar-refractivity contribution in [1.29, 1.82) is 0 Å². The summed E-state index contributed by atoms with van der Waals surface area (Å²) >= 11 is 0. The van der Waals surface area contributed by atoms with E-state index in [9.17, 15) is 14.4 Å². The third-order valence-corrected chi connectivity index (χ3v) is 7.20. The number of urea groups is 1. The smallest absolute Gasteiger partial charge is 0.326 e. The lowest BCUT2D eigenvalue weighted by Gasteiger charge is -2.37. The highest BCUT2D eigenvalue weighted by molar-refractivity contribution is 6.07. The van der Waals surface area contributed by atoms with Crippen molar-refractivity contribution in [2.24, 2.45) is 11.8 Å². The Bertz CT molecular complexity index is 610. The first-order chi connectivity index (χ1) is 13.0. The molecular weight excluding hydrogens is 344 g/mol. The number of hydrogen-bond donors (Lipinski definition) is 1. The first-order valence-corrected chi connectivity index (χ1v) is 10.7. The van der Waals surface area contributed by atoms with Crippen LogP contribution in [-0.4, -0.2) is 70.9 Å². The monoisotopic (exact) mass is 376 g/mol. The van der Waals surface area contributed by atoms with Crippen LogP contribution in [0, 0.1) is 11.8 Å². The number of amides is 4. The van der Waals surface area contributed by atoms with E-state index >= 15 is 0 Å². The second kappa shape index (κ2) is 7.41. The molecule has 7 nitrogen and oxygen atoms in total. The largest absolute Gasteiger partial charge is 0.342 e. The average molecular weight is 377 g/mol. The minimum atomic E-state index is -0.681. The molecule has 0 radical (unpaired) electrons. The number of likely N-dealkylation sites (tertiary alicyclic amines) is 2. The van der Waals surface area contributed by atoms with E-state index in [-0.39, 0.29) is 23.8 Å².